The molecule has 0 aromatic carbocycles. The summed E-state index contributed by atoms with van der Waals surface area (Å²) in [6.07, 6.45) is 8.05. The maximum absolute atomic E-state index is 5.54. The lowest BCUT2D eigenvalue weighted by Gasteiger charge is -2.04. The molecule has 2 aromatic heterocycles. The first-order valence-electron chi connectivity index (χ1n) is 8.05. The van der Waals surface area contributed by atoms with Crippen LogP contribution in [-0.2, 0) is 12.8 Å². The van der Waals surface area contributed by atoms with E-state index in [9.17, 15) is 0 Å². The zero-order chi connectivity index (χ0) is 17.4. The van der Waals surface area contributed by atoms with Gasteiger partial charge in [-0.2, -0.15) is 29.9 Å². The van der Waals surface area contributed by atoms with Crippen LogP contribution in [0.2, 0.25) is 0 Å². The molecule has 2 rings (SSSR count). The van der Waals surface area contributed by atoms with E-state index in [-0.39, 0.29) is 23.8 Å². The number of unbranched alkanes of at least 4 members (excludes halogenated alkanes) is 5. The van der Waals surface area contributed by atoms with Crippen LogP contribution in [0.5, 0.6) is 0 Å². The van der Waals surface area contributed by atoms with Crippen molar-refractivity contribution in [2.24, 2.45) is 0 Å². The third-order valence-corrected chi connectivity index (χ3v) is 3.48. The third kappa shape index (κ3) is 6.15. The molecule has 0 aliphatic carbocycles. The molecular formula is C14H24N10. The van der Waals surface area contributed by atoms with Gasteiger partial charge >= 0.3 is 0 Å². The number of nitrogens with two attached hydrogens (primary N) is 4. The van der Waals surface area contributed by atoms with Gasteiger partial charge in [0, 0.05) is 12.8 Å². The first-order valence-corrected chi connectivity index (χ1v) is 8.05. The Morgan fingerprint density at radius 3 is 1.04 bits per heavy atom. The minimum Gasteiger partial charge on any atom is -0.368 e. The molecule has 0 amide bonds. The minimum absolute atomic E-state index is 0.178. The van der Waals surface area contributed by atoms with E-state index in [2.05, 4.69) is 29.9 Å². The average Bonchev–Trinajstić information content (AvgIpc) is 2.48. The number of aryl methyl sites for hydroxylation is 2. The molecule has 24 heavy (non-hydrogen) atoms. The van der Waals surface area contributed by atoms with Crippen molar-refractivity contribution in [3.8, 4) is 0 Å². The van der Waals surface area contributed by atoms with E-state index in [0.29, 0.717) is 11.6 Å². The smallest absolute Gasteiger partial charge is 0.225 e. The Hall–Kier alpha value is -2.78. The molecule has 0 spiro atoms. The van der Waals surface area contributed by atoms with Crippen molar-refractivity contribution < 1.29 is 0 Å². The van der Waals surface area contributed by atoms with Crippen molar-refractivity contribution >= 4 is 23.8 Å². The van der Waals surface area contributed by atoms with E-state index in [4.69, 9.17) is 22.9 Å². The molecule has 0 radical (unpaired) electrons. The highest BCUT2D eigenvalue weighted by molar-refractivity contribution is 5.26. The Kier molecular flexibility index (Phi) is 6.41. The number of hydrogen-bond acceptors (Lipinski definition) is 10. The molecular weight excluding hydrogens is 308 g/mol. The highest BCUT2D eigenvalue weighted by Crippen LogP contribution is 2.11. The molecule has 2 aromatic rings. The molecule has 0 saturated heterocycles. The fourth-order valence-electron chi connectivity index (χ4n) is 2.41. The maximum atomic E-state index is 5.54. The minimum atomic E-state index is 0.178. The van der Waals surface area contributed by atoms with Crippen LogP contribution < -0.4 is 22.9 Å². The predicted molar refractivity (Wildman–Crippen MR) is 92.4 cm³/mol. The zero-order valence-corrected chi connectivity index (χ0v) is 13.6. The van der Waals surface area contributed by atoms with Crippen molar-refractivity contribution in [3.63, 3.8) is 0 Å². The largest absolute Gasteiger partial charge is 0.368 e. The highest BCUT2D eigenvalue weighted by atomic mass is 15.1. The van der Waals surface area contributed by atoms with E-state index in [1.165, 1.54) is 0 Å². The van der Waals surface area contributed by atoms with E-state index >= 15 is 0 Å². The van der Waals surface area contributed by atoms with Gasteiger partial charge < -0.3 is 22.9 Å². The van der Waals surface area contributed by atoms with E-state index < -0.39 is 0 Å². The molecule has 10 heteroatoms. The molecule has 0 atom stereocenters. The summed E-state index contributed by atoms with van der Waals surface area (Å²) in [6.45, 7) is 0. The zero-order valence-electron chi connectivity index (χ0n) is 13.6. The fourth-order valence-corrected chi connectivity index (χ4v) is 2.41. The monoisotopic (exact) mass is 332 g/mol. The van der Waals surface area contributed by atoms with Crippen LogP contribution >= 0.6 is 0 Å². The van der Waals surface area contributed by atoms with Gasteiger partial charge in [0.25, 0.3) is 0 Å². The van der Waals surface area contributed by atoms with E-state index in [1.54, 1.807) is 0 Å². The lowest BCUT2D eigenvalue weighted by molar-refractivity contribution is 0.583. The van der Waals surface area contributed by atoms with Gasteiger partial charge in [0.2, 0.25) is 23.8 Å². The number of anilines is 4. The van der Waals surface area contributed by atoms with Gasteiger partial charge in [0.1, 0.15) is 11.6 Å². The molecule has 0 aliphatic heterocycles. The fraction of sp³-hybridized carbons (Fsp3) is 0.571. The van der Waals surface area contributed by atoms with Crippen molar-refractivity contribution in [2.45, 2.75) is 51.4 Å². The summed E-state index contributed by atoms with van der Waals surface area (Å²) >= 11 is 0. The van der Waals surface area contributed by atoms with Gasteiger partial charge in [-0.05, 0) is 12.8 Å². The van der Waals surface area contributed by atoms with Crippen molar-refractivity contribution in [3.05, 3.63) is 11.6 Å². The van der Waals surface area contributed by atoms with Gasteiger partial charge in [0.05, 0.1) is 0 Å². The van der Waals surface area contributed by atoms with Gasteiger partial charge in [-0.25, -0.2) is 0 Å². The first-order chi connectivity index (χ1) is 11.5. The summed E-state index contributed by atoms with van der Waals surface area (Å²) in [7, 11) is 0. The molecule has 0 saturated carbocycles. The summed E-state index contributed by atoms with van der Waals surface area (Å²) in [4.78, 5) is 23.8. The second kappa shape index (κ2) is 8.75. The van der Waals surface area contributed by atoms with Crippen molar-refractivity contribution in [1.82, 2.24) is 29.9 Å². The average molecular weight is 332 g/mol. The highest BCUT2D eigenvalue weighted by Gasteiger charge is 2.03. The molecule has 0 bridgehead atoms. The summed E-state index contributed by atoms with van der Waals surface area (Å²) < 4.78 is 0. The lowest BCUT2D eigenvalue weighted by Crippen LogP contribution is -2.07. The van der Waals surface area contributed by atoms with Gasteiger partial charge in [-0.1, -0.05) is 25.7 Å². The quantitative estimate of drug-likeness (QED) is 0.472. The Bertz CT molecular complexity index is 562. The Morgan fingerprint density at radius 2 is 0.708 bits per heavy atom. The van der Waals surface area contributed by atoms with Crippen LogP contribution in [0.3, 0.4) is 0 Å². The van der Waals surface area contributed by atoms with Crippen molar-refractivity contribution in [2.75, 3.05) is 22.9 Å². The summed E-state index contributed by atoms with van der Waals surface area (Å²) in [6, 6.07) is 0. The Balaban J connectivity index is 1.55. The summed E-state index contributed by atoms with van der Waals surface area (Å²) in [5.74, 6) is 2.03. The molecule has 10 nitrogen and oxygen atoms in total. The van der Waals surface area contributed by atoms with Crippen molar-refractivity contribution in [1.29, 1.82) is 0 Å². The maximum Gasteiger partial charge on any atom is 0.225 e. The summed E-state index contributed by atoms with van der Waals surface area (Å²) in [5, 5.41) is 0. The number of rotatable bonds is 9. The van der Waals surface area contributed by atoms with Crippen LogP contribution in [0.4, 0.5) is 23.8 Å². The van der Waals surface area contributed by atoms with Gasteiger partial charge in [-0.3, -0.25) is 0 Å². The van der Waals surface area contributed by atoms with Crippen LogP contribution in [-0.4, -0.2) is 29.9 Å². The predicted octanol–water partition coefficient (Wildman–Crippen LogP) is 0.511. The number of nitrogen functional groups attached to an aromatic ring is 4. The SMILES string of the molecule is Nc1nc(N)nc(CCCCCCCCc2nc(N)nc(N)n2)n1. The standard InChI is InChI=1S/C14H24N10/c15-11-19-9(20-12(16)23-11)7-5-3-1-2-4-6-8-10-21-13(17)24-14(18)22-10/h1-8H2,(H4,15,16,19,20,23)(H4,17,18,21,22,24). The molecule has 0 fully saturated rings. The Labute approximate surface area is 140 Å². The molecule has 0 unspecified atom stereocenters. The van der Waals surface area contributed by atoms with Crippen LogP contribution in [0, 0.1) is 0 Å². The Morgan fingerprint density at radius 1 is 0.417 bits per heavy atom. The first kappa shape index (κ1) is 17.6. The number of nitrogens with zero attached hydrogens (tertiary/aromatic N) is 6. The molecule has 130 valence electrons. The van der Waals surface area contributed by atoms with Crippen LogP contribution in [0.1, 0.15) is 50.2 Å². The molecule has 8 N–H and O–H groups in total. The van der Waals surface area contributed by atoms with E-state index in [1.807, 2.05) is 0 Å². The molecule has 2 heterocycles. The second-order valence-electron chi connectivity index (χ2n) is 5.56. The number of aromatic nitrogens is 6. The molecule has 0 aliphatic rings. The van der Waals surface area contributed by atoms with Crippen LogP contribution in [0.25, 0.3) is 0 Å². The second-order valence-corrected chi connectivity index (χ2v) is 5.56. The topological polar surface area (TPSA) is 181 Å². The van der Waals surface area contributed by atoms with E-state index in [0.717, 1.165) is 51.4 Å². The van der Waals surface area contributed by atoms with Crippen LogP contribution in [0.15, 0.2) is 0 Å². The normalized spacial score (nSPS) is 10.8. The summed E-state index contributed by atoms with van der Waals surface area (Å²) in [5.41, 5.74) is 22.2. The third-order valence-electron chi connectivity index (χ3n) is 3.48. The number of hydrogen-bond donors (Lipinski definition) is 4. The van der Waals surface area contributed by atoms with Gasteiger partial charge in [0.15, 0.2) is 0 Å². The van der Waals surface area contributed by atoms with Gasteiger partial charge in [-0.15, -0.1) is 0 Å². The lowest BCUT2D eigenvalue weighted by atomic mass is 10.1.